The first-order valence-corrected chi connectivity index (χ1v) is 8.00. The SMILES string of the molecule is O=C(NCc1cn2ccccc2n1)c1cc(-c2cccc(Cl)c2)on1. The van der Waals surface area contributed by atoms with Crippen LogP contribution >= 0.6 is 11.6 Å². The molecule has 1 N–H and O–H groups in total. The fourth-order valence-electron chi connectivity index (χ4n) is 2.49. The van der Waals surface area contributed by atoms with E-state index in [0.29, 0.717) is 17.3 Å². The molecule has 0 fully saturated rings. The van der Waals surface area contributed by atoms with Gasteiger partial charge in [0.05, 0.1) is 12.2 Å². The van der Waals surface area contributed by atoms with Crippen LogP contribution in [0.4, 0.5) is 0 Å². The van der Waals surface area contributed by atoms with Crippen molar-refractivity contribution in [1.29, 1.82) is 0 Å². The van der Waals surface area contributed by atoms with Gasteiger partial charge < -0.3 is 14.2 Å². The summed E-state index contributed by atoms with van der Waals surface area (Å²) in [6.07, 6.45) is 3.78. The number of amides is 1. The van der Waals surface area contributed by atoms with Gasteiger partial charge in [-0.3, -0.25) is 4.79 Å². The summed E-state index contributed by atoms with van der Waals surface area (Å²) in [7, 11) is 0. The van der Waals surface area contributed by atoms with Crippen LogP contribution in [0, 0.1) is 0 Å². The summed E-state index contributed by atoms with van der Waals surface area (Å²) in [6, 6.07) is 14.5. The zero-order valence-corrected chi connectivity index (χ0v) is 13.8. The fourth-order valence-corrected chi connectivity index (χ4v) is 2.68. The van der Waals surface area contributed by atoms with Crippen LogP contribution in [0.1, 0.15) is 16.2 Å². The summed E-state index contributed by atoms with van der Waals surface area (Å²) in [5, 5.41) is 7.20. The molecule has 6 nitrogen and oxygen atoms in total. The van der Waals surface area contributed by atoms with Crippen molar-refractivity contribution in [2.24, 2.45) is 0 Å². The Bertz CT molecular complexity index is 1020. The monoisotopic (exact) mass is 352 g/mol. The van der Waals surface area contributed by atoms with Gasteiger partial charge >= 0.3 is 0 Å². The van der Waals surface area contributed by atoms with Gasteiger partial charge in [0.15, 0.2) is 11.5 Å². The number of aromatic nitrogens is 3. The lowest BCUT2D eigenvalue weighted by atomic mass is 10.1. The number of rotatable bonds is 4. The van der Waals surface area contributed by atoms with E-state index < -0.39 is 0 Å². The molecule has 1 amide bonds. The molecule has 0 atom stereocenters. The maximum absolute atomic E-state index is 12.3. The van der Waals surface area contributed by atoms with Crippen molar-refractivity contribution in [2.45, 2.75) is 6.54 Å². The van der Waals surface area contributed by atoms with E-state index in [1.165, 1.54) is 0 Å². The third kappa shape index (κ3) is 3.25. The normalized spacial score (nSPS) is 10.9. The van der Waals surface area contributed by atoms with E-state index >= 15 is 0 Å². The van der Waals surface area contributed by atoms with Crippen LogP contribution in [0.2, 0.25) is 5.02 Å². The Labute approximate surface area is 148 Å². The van der Waals surface area contributed by atoms with Gasteiger partial charge in [-0.05, 0) is 24.3 Å². The fraction of sp³-hybridized carbons (Fsp3) is 0.0556. The minimum absolute atomic E-state index is 0.207. The summed E-state index contributed by atoms with van der Waals surface area (Å²) in [5.74, 6) is 0.162. The highest BCUT2D eigenvalue weighted by molar-refractivity contribution is 6.30. The van der Waals surface area contributed by atoms with Crippen molar-refractivity contribution >= 4 is 23.2 Å². The van der Waals surface area contributed by atoms with Crippen molar-refractivity contribution in [1.82, 2.24) is 19.9 Å². The Morgan fingerprint density at radius 2 is 2.12 bits per heavy atom. The zero-order chi connectivity index (χ0) is 17.2. The number of pyridine rings is 1. The topological polar surface area (TPSA) is 72.4 Å². The number of nitrogens with zero attached hydrogens (tertiary/aromatic N) is 3. The van der Waals surface area contributed by atoms with Crippen LogP contribution in [0.15, 0.2) is 65.4 Å². The molecule has 1 aromatic carbocycles. The number of fused-ring (bicyclic) bond motifs is 1. The van der Waals surface area contributed by atoms with Gasteiger partial charge in [0, 0.05) is 29.0 Å². The summed E-state index contributed by atoms with van der Waals surface area (Å²) < 4.78 is 7.14. The number of nitrogens with one attached hydrogen (secondary N) is 1. The molecular formula is C18H13ClN4O2. The largest absolute Gasteiger partial charge is 0.355 e. The Balaban J connectivity index is 1.46. The van der Waals surface area contributed by atoms with E-state index in [0.717, 1.165) is 16.9 Å². The van der Waals surface area contributed by atoms with Crippen molar-refractivity contribution in [2.75, 3.05) is 0 Å². The van der Waals surface area contributed by atoms with Gasteiger partial charge in [-0.15, -0.1) is 0 Å². The lowest BCUT2D eigenvalue weighted by Crippen LogP contribution is -2.23. The van der Waals surface area contributed by atoms with Crippen LogP contribution in [-0.4, -0.2) is 20.4 Å². The number of hydrogen-bond acceptors (Lipinski definition) is 4. The standard InChI is InChI=1S/C18H13ClN4O2/c19-13-5-3-4-12(8-13)16-9-15(22-25-16)18(24)20-10-14-11-23-7-2-1-6-17(23)21-14/h1-9,11H,10H2,(H,20,24). The van der Waals surface area contributed by atoms with Gasteiger partial charge in [0.1, 0.15) is 5.65 Å². The number of hydrogen-bond donors (Lipinski definition) is 1. The highest BCUT2D eigenvalue weighted by atomic mass is 35.5. The molecule has 4 rings (SSSR count). The molecule has 0 unspecified atom stereocenters. The van der Waals surface area contributed by atoms with E-state index in [4.69, 9.17) is 16.1 Å². The van der Waals surface area contributed by atoms with Gasteiger partial charge in [0.25, 0.3) is 5.91 Å². The molecule has 0 aliphatic carbocycles. The highest BCUT2D eigenvalue weighted by Gasteiger charge is 2.14. The summed E-state index contributed by atoms with van der Waals surface area (Å²) in [6.45, 7) is 0.305. The zero-order valence-electron chi connectivity index (χ0n) is 13.0. The summed E-state index contributed by atoms with van der Waals surface area (Å²) >= 11 is 5.96. The van der Waals surface area contributed by atoms with E-state index in [2.05, 4.69) is 15.5 Å². The van der Waals surface area contributed by atoms with Crippen LogP contribution in [0.3, 0.4) is 0 Å². The lowest BCUT2D eigenvalue weighted by Gasteiger charge is -1.98. The number of carbonyl (C=O) groups is 1. The molecule has 0 radical (unpaired) electrons. The molecule has 0 bridgehead atoms. The van der Waals surface area contributed by atoms with Crippen LogP contribution < -0.4 is 5.32 Å². The highest BCUT2D eigenvalue weighted by Crippen LogP contribution is 2.23. The third-order valence-corrected chi connectivity index (χ3v) is 3.93. The predicted octanol–water partition coefficient (Wildman–Crippen LogP) is 3.57. The Hall–Kier alpha value is -3.12. The minimum Gasteiger partial charge on any atom is -0.355 e. The molecule has 7 heteroatoms. The van der Waals surface area contributed by atoms with Gasteiger partial charge in [-0.25, -0.2) is 4.98 Å². The van der Waals surface area contributed by atoms with E-state index in [1.807, 2.05) is 47.1 Å². The molecule has 0 saturated carbocycles. The van der Waals surface area contributed by atoms with Crippen LogP contribution in [-0.2, 0) is 6.54 Å². The predicted molar refractivity (Wildman–Crippen MR) is 93.3 cm³/mol. The van der Waals surface area contributed by atoms with Gasteiger partial charge in [-0.1, -0.05) is 35.0 Å². The Kier molecular flexibility index (Phi) is 3.95. The number of carbonyl (C=O) groups excluding carboxylic acids is 1. The lowest BCUT2D eigenvalue weighted by molar-refractivity contribution is 0.0941. The number of benzene rings is 1. The van der Waals surface area contributed by atoms with Crippen molar-refractivity contribution < 1.29 is 9.32 Å². The van der Waals surface area contributed by atoms with Crippen molar-refractivity contribution in [3.8, 4) is 11.3 Å². The van der Waals surface area contributed by atoms with Gasteiger partial charge in [-0.2, -0.15) is 0 Å². The van der Waals surface area contributed by atoms with Crippen molar-refractivity contribution in [3.05, 3.63) is 77.3 Å². The molecule has 3 aromatic heterocycles. The van der Waals surface area contributed by atoms with E-state index in [9.17, 15) is 4.79 Å². The summed E-state index contributed by atoms with van der Waals surface area (Å²) in [4.78, 5) is 16.7. The average Bonchev–Trinajstić information content (AvgIpc) is 3.26. The first kappa shape index (κ1) is 15.4. The average molecular weight is 353 g/mol. The molecule has 0 saturated heterocycles. The first-order valence-electron chi connectivity index (χ1n) is 7.62. The summed E-state index contributed by atoms with van der Waals surface area (Å²) in [5.41, 5.74) is 2.56. The molecular weight excluding hydrogens is 340 g/mol. The van der Waals surface area contributed by atoms with Crippen molar-refractivity contribution in [3.63, 3.8) is 0 Å². The van der Waals surface area contributed by atoms with Crippen LogP contribution in [0.5, 0.6) is 0 Å². The molecule has 25 heavy (non-hydrogen) atoms. The molecule has 0 spiro atoms. The smallest absolute Gasteiger partial charge is 0.273 e. The first-order chi connectivity index (χ1) is 12.2. The Morgan fingerprint density at radius 1 is 1.20 bits per heavy atom. The van der Waals surface area contributed by atoms with E-state index in [-0.39, 0.29) is 11.6 Å². The second-order valence-corrected chi connectivity index (χ2v) is 5.90. The Morgan fingerprint density at radius 3 is 2.96 bits per heavy atom. The maximum atomic E-state index is 12.3. The molecule has 124 valence electrons. The quantitative estimate of drug-likeness (QED) is 0.609. The van der Waals surface area contributed by atoms with Gasteiger partial charge in [0.2, 0.25) is 0 Å². The third-order valence-electron chi connectivity index (χ3n) is 3.70. The minimum atomic E-state index is -0.325. The number of imidazole rings is 1. The second kappa shape index (κ2) is 6.41. The second-order valence-electron chi connectivity index (χ2n) is 5.47. The van der Waals surface area contributed by atoms with Crippen LogP contribution in [0.25, 0.3) is 17.0 Å². The molecule has 3 heterocycles. The molecule has 4 aromatic rings. The molecule has 0 aliphatic rings. The molecule has 0 aliphatic heterocycles. The maximum Gasteiger partial charge on any atom is 0.273 e. The van der Waals surface area contributed by atoms with E-state index in [1.54, 1.807) is 18.2 Å². The number of halogens is 1.